The van der Waals surface area contributed by atoms with Gasteiger partial charge in [-0.1, -0.05) is 6.92 Å². The van der Waals surface area contributed by atoms with E-state index in [-0.39, 0.29) is 6.03 Å². The van der Waals surface area contributed by atoms with E-state index < -0.39 is 0 Å². The van der Waals surface area contributed by atoms with E-state index in [0.29, 0.717) is 5.41 Å². The molecule has 1 aliphatic rings. The lowest BCUT2D eigenvalue weighted by molar-refractivity contribution is 0.107. The Morgan fingerprint density at radius 1 is 1.64 bits per heavy atom. The molecule has 4 nitrogen and oxygen atoms in total. The normalized spacial score (nSPS) is 19.1. The largest absolute Gasteiger partial charge is 0.338 e. The van der Waals surface area contributed by atoms with Gasteiger partial charge in [-0.3, -0.25) is 4.84 Å². The van der Waals surface area contributed by atoms with Crippen LogP contribution in [0.1, 0.15) is 19.8 Å². The smallest absolute Gasteiger partial charge is 0.336 e. The summed E-state index contributed by atoms with van der Waals surface area (Å²) in [5.74, 6) is 0. The van der Waals surface area contributed by atoms with Gasteiger partial charge in [-0.15, -0.1) is 0 Å². The lowest BCUT2D eigenvalue weighted by Crippen LogP contribution is -2.37. The molecule has 0 radical (unpaired) electrons. The maximum atomic E-state index is 10.8. The van der Waals surface area contributed by atoms with Crippen molar-refractivity contribution in [2.75, 3.05) is 13.7 Å². The fourth-order valence-corrected chi connectivity index (χ4v) is 0.813. The van der Waals surface area contributed by atoms with Crippen molar-refractivity contribution in [1.29, 1.82) is 0 Å². The van der Waals surface area contributed by atoms with Crippen molar-refractivity contribution in [2.45, 2.75) is 19.8 Å². The molecule has 0 saturated heterocycles. The molecule has 0 heterocycles. The predicted molar refractivity (Wildman–Crippen MR) is 40.9 cm³/mol. The highest BCUT2D eigenvalue weighted by molar-refractivity contribution is 5.72. The van der Waals surface area contributed by atoms with Crippen LogP contribution in [0.15, 0.2) is 0 Å². The number of amides is 2. The summed E-state index contributed by atoms with van der Waals surface area (Å²) in [4.78, 5) is 15.2. The van der Waals surface area contributed by atoms with Gasteiger partial charge in [-0.25, -0.2) is 10.3 Å². The van der Waals surface area contributed by atoms with Crippen LogP contribution < -0.4 is 10.8 Å². The molecule has 2 amide bonds. The van der Waals surface area contributed by atoms with Crippen LogP contribution in [0, 0.1) is 5.41 Å². The van der Waals surface area contributed by atoms with Crippen molar-refractivity contribution in [3.8, 4) is 0 Å². The van der Waals surface area contributed by atoms with Crippen molar-refractivity contribution in [2.24, 2.45) is 5.41 Å². The summed E-state index contributed by atoms with van der Waals surface area (Å²) in [7, 11) is 1.42. The van der Waals surface area contributed by atoms with E-state index >= 15 is 0 Å². The second-order valence-corrected chi connectivity index (χ2v) is 3.30. The maximum absolute atomic E-state index is 10.8. The van der Waals surface area contributed by atoms with Crippen LogP contribution in [0.25, 0.3) is 0 Å². The van der Waals surface area contributed by atoms with Crippen molar-refractivity contribution in [3.63, 3.8) is 0 Å². The van der Waals surface area contributed by atoms with E-state index in [1.807, 2.05) is 0 Å². The summed E-state index contributed by atoms with van der Waals surface area (Å²) >= 11 is 0. The number of carbonyl (C=O) groups is 1. The fourth-order valence-electron chi connectivity index (χ4n) is 0.813. The number of nitrogens with one attached hydrogen (secondary N) is 2. The Labute approximate surface area is 66.3 Å². The standard InChI is InChI=1S/C7H14N2O2/c1-7(3-4-7)5-8-6(10)9-11-2/h3-5H2,1-2H3,(H2,8,9,10). The van der Waals surface area contributed by atoms with Crippen LogP contribution in [-0.4, -0.2) is 19.7 Å². The van der Waals surface area contributed by atoms with Crippen molar-refractivity contribution in [3.05, 3.63) is 0 Å². The minimum absolute atomic E-state index is 0.263. The third-order valence-electron chi connectivity index (χ3n) is 1.97. The van der Waals surface area contributed by atoms with E-state index in [9.17, 15) is 4.79 Å². The van der Waals surface area contributed by atoms with Gasteiger partial charge in [0.05, 0.1) is 7.11 Å². The van der Waals surface area contributed by atoms with E-state index in [1.54, 1.807) is 0 Å². The summed E-state index contributed by atoms with van der Waals surface area (Å²) in [6.07, 6.45) is 2.42. The van der Waals surface area contributed by atoms with Gasteiger partial charge in [0, 0.05) is 6.54 Å². The van der Waals surface area contributed by atoms with Crippen LogP contribution in [0.2, 0.25) is 0 Å². The van der Waals surface area contributed by atoms with Crippen LogP contribution in [0.3, 0.4) is 0 Å². The summed E-state index contributed by atoms with van der Waals surface area (Å²) < 4.78 is 0. The predicted octanol–water partition coefficient (Wildman–Crippen LogP) is 0.647. The number of hydrogen-bond donors (Lipinski definition) is 2. The average molecular weight is 158 g/mol. The average Bonchev–Trinajstić information content (AvgIpc) is 2.66. The Bertz CT molecular complexity index is 155. The van der Waals surface area contributed by atoms with Crippen molar-refractivity contribution < 1.29 is 9.63 Å². The first kappa shape index (κ1) is 8.33. The number of rotatable bonds is 3. The highest BCUT2D eigenvalue weighted by Gasteiger charge is 2.37. The molecule has 1 saturated carbocycles. The second kappa shape index (κ2) is 3.09. The lowest BCUT2D eigenvalue weighted by Gasteiger charge is -2.09. The highest BCUT2D eigenvalue weighted by Crippen LogP contribution is 2.43. The summed E-state index contributed by atoms with van der Waals surface area (Å²) in [6, 6.07) is -0.263. The minimum Gasteiger partial charge on any atom is -0.336 e. The number of hydroxylamine groups is 1. The molecule has 11 heavy (non-hydrogen) atoms. The van der Waals surface area contributed by atoms with Gasteiger partial charge in [0.2, 0.25) is 0 Å². The molecule has 0 atom stereocenters. The van der Waals surface area contributed by atoms with Crippen molar-refractivity contribution in [1.82, 2.24) is 10.8 Å². The SMILES string of the molecule is CONC(=O)NCC1(C)CC1. The molecule has 0 aromatic carbocycles. The van der Waals surface area contributed by atoms with Crippen LogP contribution in [0.4, 0.5) is 4.79 Å². The minimum atomic E-state index is -0.263. The first-order valence-electron chi connectivity index (χ1n) is 3.73. The van der Waals surface area contributed by atoms with E-state index in [0.717, 1.165) is 6.54 Å². The molecule has 0 bridgehead atoms. The van der Waals surface area contributed by atoms with Crippen LogP contribution in [0.5, 0.6) is 0 Å². The Hall–Kier alpha value is -0.770. The third-order valence-corrected chi connectivity index (χ3v) is 1.97. The summed E-state index contributed by atoms with van der Waals surface area (Å²) in [5, 5.41) is 2.71. The molecule has 64 valence electrons. The number of carbonyl (C=O) groups excluding carboxylic acids is 1. The zero-order chi connectivity index (χ0) is 8.32. The van der Waals surface area contributed by atoms with Gasteiger partial charge < -0.3 is 5.32 Å². The molecule has 0 spiro atoms. The number of hydrogen-bond acceptors (Lipinski definition) is 2. The van der Waals surface area contributed by atoms with Gasteiger partial charge in [0.15, 0.2) is 0 Å². The highest BCUT2D eigenvalue weighted by atomic mass is 16.6. The summed E-state index contributed by atoms with van der Waals surface area (Å²) in [5.41, 5.74) is 2.55. The Morgan fingerprint density at radius 2 is 2.27 bits per heavy atom. The zero-order valence-electron chi connectivity index (χ0n) is 6.94. The van der Waals surface area contributed by atoms with Gasteiger partial charge in [0.25, 0.3) is 0 Å². The Kier molecular flexibility index (Phi) is 2.34. The second-order valence-electron chi connectivity index (χ2n) is 3.30. The van der Waals surface area contributed by atoms with Gasteiger partial charge in [0.1, 0.15) is 0 Å². The molecule has 1 rings (SSSR count). The molecule has 0 aromatic rings. The molecular formula is C7H14N2O2. The maximum Gasteiger partial charge on any atom is 0.338 e. The van der Waals surface area contributed by atoms with E-state index in [4.69, 9.17) is 0 Å². The number of urea groups is 1. The topological polar surface area (TPSA) is 50.4 Å². The van der Waals surface area contributed by atoms with Gasteiger partial charge >= 0.3 is 6.03 Å². The lowest BCUT2D eigenvalue weighted by atomic mass is 10.1. The van der Waals surface area contributed by atoms with E-state index in [1.165, 1.54) is 20.0 Å². The molecule has 1 fully saturated rings. The molecule has 1 aliphatic carbocycles. The van der Waals surface area contributed by atoms with Crippen LogP contribution in [-0.2, 0) is 4.84 Å². The first-order valence-corrected chi connectivity index (χ1v) is 3.73. The first-order chi connectivity index (χ1) is 5.16. The van der Waals surface area contributed by atoms with Gasteiger partial charge in [-0.2, -0.15) is 0 Å². The van der Waals surface area contributed by atoms with Crippen LogP contribution >= 0.6 is 0 Å². The van der Waals surface area contributed by atoms with E-state index in [2.05, 4.69) is 22.6 Å². The molecule has 2 N–H and O–H groups in total. The zero-order valence-corrected chi connectivity index (χ0v) is 6.94. The molecule has 0 unspecified atom stereocenters. The Morgan fingerprint density at radius 3 is 2.73 bits per heavy atom. The molecular weight excluding hydrogens is 144 g/mol. The third kappa shape index (κ3) is 2.76. The monoisotopic (exact) mass is 158 g/mol. The Balaban J connectivity index is 2.06. The van der Waals surface area contributed by atoms with Gasteiger partial charge in [-0.05, 0) is 18.3 Å². The van der Waals surface area contributed by atoms with Crippen molar-refractivity contribution >= 4 is 6.03 Å². The molecule has 4 heteroatoms. The summed E-state index contributed by atoms with van der Waals surface area (Å²) in [6.45, 7) is 2.89. The fraction of sp³-hybridized carbons (Fsp3) is 0.857. The molecule has 0 aliphatic heterocycles. The quantitative estimate of drug-likeness (QED) is 0.592. The molecule has 0 aromatic heterocycles.